The summed E-state index contributed by atoms with van der Waals surface area (Å²) < 4.78 is 0. The van der Waals surface area contributed by atoms with Crippen molar-refractivity contribution in [3.05, 3.63) is 33.9 Å². The summed E-state index contributed by atoms with van der Waals surface area (Å²) in [5.41, 5.74) is 2.26. The number of aliphatic imine (C=N–C) groups is 2. The minimum atomic E-state index is -0.748. The second-order valence-electron chi connectivity index (χ2n) is 6.70. The molecule has 0 saturated heterocycles. The molecule has 0 aliphatic carbocycles. The monoisotopic (exact) mass is 342 g/mol. The van der Waals surface area contributed by atoms with E-state index in [1.54, 1.807) is 6.07 Å². The molecule has 25 heavy (non-hydrogen) atoms. The molecule has 0 aromatic heterocycles. The summed E-state index contributed by atoms with van der Waals surface area (Å²) in [6.45, 7) is 11.3. The second-order valence-corrected chi connectivity index (χ2v) is 6.70. The fourth-order valence-corrected chi connectivity index (χ4v) is 2.91. The molecule has 1 aromatic carbocycles. The van der Waals surface area contributed by atoms with Crippen molar-refractivity contribution in [2.24, 2.45) is 9.98 Å². The molecule has 0 saturated carbocycles. The number of carbonyl (C=O) groups is 2. The largest absolute Gasteiger partial charge is 0.288 e. The molecule has 0 radical (unpaired) electrons. The quantitative estimate of drug-likeness (QED) is 0.597. The fraction of sp³-hybridized carbons (Fsp3) is 0.474. The van der Waals surface area contributed by atoms with Gasteiger partial charge < -0.3 is 0 Å². The van der Waals surface area contributed by atoms with Crippen LogP contribution in [0.4, 0.5) is 0 Å². The Balaban J connectivity index is 4.14. The Hall–Kier alpha value is -2.68. The third-order valence-corrected chi connectivity index (χ3v) is 3.97. The van der Waals surface area contributed by atoms with Gasteiger partial charge in [-0.2, -0.15) is 0 Å². The Labute approximate surface area is 147 Å². The van der Waals surface area contributed by atoms with Gasteiger partial charge in [-0.1, -0.05) is 47.6 Å². The summed E-state index contributed by atoms with van der Waals surface area (Å²) in [6.07, 6.45) is 2.53. The molecule has 0 N–H and O–H groups in total. The predicted octanol–water partition coefficient (Wildman–Crippen LogP) is 4.01. The van der Waals surface area contributed by atoms with Crippen molar-refractivity contribution in [3.63, 3.8) is 0 Å². The van der Waals surface area contributed by atoms with Crippen LogP contribution < -0.4 is 0 Å². The van der Waals surface area contributed by atoms with E-state index in [0.717, 1.165) is 0 Å². The zero-order chi connectivity index (χ0) is 19.3. The molecule has 0 heterocycles. The lowest BCUT2D eigenvalue weighted by Gasteiger charge is -2.24. The maximum Gasteiger partial charge on any atom is 0.288 e. The normalized spacial score (nSPS) is 10.6. The van der Waals surface area contributed by atoms with Gasteiger partial charge in [0.25, 0.3) is 11.8 Å². The predicted molar refractivity (Wildman–Crippen MR) is 93.6 cm³/mol. The first kappa shape index (κ1) is 20.4. The van der Waals surface area contributed by atoms with Crippen LogP contribution in [0.25, 0.3) is 0 Å². The summed E-state index contributed by atoms with van der Waals surface area (Å²) in [5, 5.41) is 0. The topological polar surface area (TPSA) is 93.0 Å². The summed E-state index contributed by atoms with van der Waals surface area (Å²) in [7, 11) is 0. The van der Waals surface area contributed by atoms with Gasteiger partial charge in [0.2, 0.25) is 12.2 Å². The molecule has 0 atom stereocenters. The first-order chi connectivity index (χ1) is 11.7. The lowest BCUT2D eigenvalue weighted by atomic mass is 9.79. The van der Waals surface area contributed by atoms with E-state index in [-0.39, 0.29) is 28.9 Å². The summed E-state index contributed by atoms with van der Waals surface area (Å²) in [4.78, 5) is 52.6. The van der Waals surface area contributed by atoms with Crippen LogP contribution in [-0.2, 0) is 9.59 Å². The molecule has 132 valence electrons. The van der Waals surface area contributed by atoms with Gasteiger partial charge in [-0.3, -0.25) is 9.59 Å². The van der Waals surface area contributed by atoms with E-state index in [2.05, 4.69) is 9.98 Å². The number of nitrogens with zero attached hydrogens (tertiary/aromatic N) is 2. The summed E-state index contributed by atoms with van der Waals surface area (Å²) >= 11 is 0. The van der Waals surface area contributed by atoms with E-state index < -0.39 is 11.8 Å². The molecule has 0 fully saturated rings. The maximum absolute atomic E-state index is 12.5. The minimum absolute atomic E-state index is 0.0328. The molecule has 0 aliphatic heterocycles. The van der Waals surface area contributed by atoms with Gasteiger partial charge in [-0.25, -0.2) is 9.59 Å². The lowest BCUT2D eigenvalue weighted by molar-refractivity contribution is 0.1000. The van der Waals surface area contributed by atoms with Crippen LogP contribution in [0, 0.1) is 0 Å². The smallest absolute Gasteiger partial charge is 0.266 e. The SMILES string of the molecule is CC(C)c1cc(C(C)C)c(C(=O)N=C=O)c(C(C)C)c1C(=O)N=C=O. The van der Waals surface area contributed by atoms with Crippen molar-refractivity contribution < 1.29 is 19.2 Å². The molecule has 2 amide bonds. The van der Waals surface area contributed by atoms with Crippen molar-refractivity contribution in [1.29, 1.82) is 0 Å². The molecule has 0 spiro atoms. The Morgan fingerprint density at radius 2 is 1.12 bits per heavy atom. The van der Waals surface area contributed by atoms with E-state index in [9.17, 15) is 19.2 Å². The molecular weight excluding hydrogens is 320 g/mol. The molecule has 1 aromatic rings. The van der Waals surface area contributed by atoms with Crippen LogP contribution in [-0.4, -0.2) is 24.0 Å². The first-order valence-electron chi connectivity index (χ1n) is 8.12. The van der Waals surface area contributed by atoms with Crippen LogP contribution in [0.1, 0.15) is 96.7 Å². The van der Waals surface area contributed by atoms with E-state index in [4.69, 9.17) is 0 Å². The van der Waals surface area contributed by atoms with E-state index in [0.29, 0.717) is 16.7 Å². The van der Waals surface area contributed by atoms with Crippen molar-refractivity contribution in [2.75, 3.05) is 0 Å². The standard InChI is InChI=1S/C19H22N2O4/c1-10(2)13-7-14(11(3)4)17(19(25)21-9-23)15(12(5)6)16(13)18(24)20-8-22/h7,10-12H,1-6H3. The maximum atomic E-state index is 12.5. The van der Waals surface area contributed by atoms with Crippen LogP contribution in [0.2, 0.25) is 0 Å². The average molecular weight is 342 g/mol. The van der Waals surface area contributed by atoms with Gasteiger partial charge >= 0.3 is 0 Å². The second kappa shape index (κ2) is 8.43. The van der Waals surface area contributed by atoms with E-state index >= 15 is 0 Å². The fourth-order valence-electron chi connectivity index (χ4n) is 2.91. The van der Waals surface area contributed by atoms with E-state index in [1.807, 2.05) is 41.5 Å². The lowest BCUT2D eigenvalue weighted by Crippen LogP contribution is -2.17. The number of carbonyl (C=O) groups excluding carboxylic acids is 4. The molecule has 0 unspecified atom stereocenters. The molecule has 0 bridgehead atoms. The molecule has 0 aliphatic rings. The highest BCUT2D eigenvalue weighted by Gasteiger charge is 2.29. The van der Waals surface area contributed by atoms with Crippen molar-refractivity contribution in [1.82, 2.24) is 0 Å². The Morgan fingerprint density at radius 1 is 0.760 bits per heavy atom. The van der Waals surface area contributed by atoms with Crippen LogP contribution in [0.15, 0.2) is 16.1 Å². The van der Waals surface area contributed by atoms with Crippen molar-refractivity contribution in [2.45, 2.75) is 59.3 Å². The van der Waals surface area contributed by atoms with Gasteiger partial charge in [-0.15, -0.1) is 9.98 Å². The average Bonchev–Trinajstić information content (AvgIpc) is 2.52. The Morgan fingerprint density at radius 3 is 1.36 bits per heavy atom. The number of amides is 2. The number of hydrogen-bond acceptors (Lipinski definition) is 4. The first-order valence-corrected chi connectivity index (χ1v) is 8.12. The molecule has 1 rings (SSSR count). The number of rotatable bonds is 5. The van der Waals surface area contributed by atoms with E-state index in [1.165, 1.54) is 12.2 Å². The van der Waals surface area contributed by atoms with Crippen molar-refractivity contribution >= 4 is 24.0 Å². The zero-order valence-electron chi connectivity index (χ0n) is 15.3. The van der Waals surface area contributed by atoms with Crippen molar-refractivity contribution in [3.8, 4) is 0 Å². The minimum Gasteiger partial charge on any atom is -0.266 e. The highest BCUT2D eigenvalue weighted by Crippen LogP contribution is 2.37. The van der Waals surface area contributed by atoms with Gasteiger partial charge in [-0.05, 0) is 34.4 Å². The van der Waals surface area contributed by atoms with Gasteiger partial charge in [0.05, 0.1) is 11.1 Å². The summed E-state index contributed by atoms with van der Waals surface area (Å²) in [5.74, 6) is -1.79. The summed E-state index contributed by atoms with van der Waals surface area (Å²) in [6, 6.07) is 1.77. The number of benzene rings is 1. The molecule has 6 heteroatoms. The van der Waals surface area contributed by atoms with Crippen LogP contribution >= 0.6 is 0 Å². The van der Waals surface area contributed by atoms with Gasteiger partial charge in [0.1, 0.15) is 0 Å². The zero-order valence-corrected chi connectivity index (χ0v) is 15.3. The van der Waals surface area contributed by atoms with Crippen LogP contribution in [0.3, 0.4) is 0 Å². The molecular formula is C19H22N2O4. The third-order valence-electron chi connectivity index (χ3n) is 3.97. The highest BCUT2D eigenvalue weighted by atomic mass is 16.2. The third kappa shape index (κ3) is 4.24. The number of hydrogen-bond donors (Lipinski definition) is 0. The Bertz CT molecular complexity index is 734. The molecule has 6 nitrogen and oxygen atoms in total. The number of isocyanates is 2. The van der Waals surface area contributed by atoms with Gasteiger partial charge in [0.15, 0.2) is 0 Å². The van der Waals surface area contributed by atoms with Crippen LogP contribution in [0.5, 0.6) is 0 Å². The highest BCUT2D eigenvalue weighted by molar-refractivity contribution is 6.07. The van der Waals surface area contributed by atoms with Gasteiger partial charge in [0, 0.05) is 0 Å². The Kier molecular flexibility index (Phi) is 6.86.